The molecule has 0 aromatic rings. The van der Waals surface area contributed by atoms with Crippen molar-refractivity contribution in [1.82, 2.24) is 4.90 Å². The van der Waals surface area contributed by atoms with Gasteiger partial charge in [-0.1, -0.05) is 13.3 Å². The zero-order valence-corrected chi connectivity index (χ0v) is 10.8. The van der Waals surface area contributed by atoms with Gasteiger partial charge >= 0.3 is 5.97 Å². The molecule has 104 valence electrons. The Morgan fingerprint density at radius 3 is 2.67 bits per heavy atom. The fraction of sp³-hybridized carbons (Fsp3) is 0.833. The third-order valence-corrected chi connectivity index (χ3v) is 3.06. The van der Waals surface area contributed by atoms with E-state index in [1.54, 1.807) is 0 Å². The lowest BCUT2D eigenvalue weighted by molar-refractivity contribution is -0.165. The third-order valence-electron chi connectivity index (χ3n) is 3.06. The summed E-state index contributed by atoms with van der Waals surface area (Å²) in [7, 11) is 0. The molecular formula is C12H21NO5. The quantitative estimate of drug-likeness (QED) is 0.516. The summed E-state index contributed by atoms with van der Waals surface area (Å²) in [6.45, 7) is 3.53. The molecule has 0 radical (unpaired) electrons. The number of nitrogens with zero attached hydrogens (tertiary/aromatic N) is 1. The maximum Gasteiger partial charge on any atom is 0.323 e. The van der Waals surface area contributed by atoms with Crippen LogP contribution in [0.2, 0.25) is 0 Å². The van der Waals surface area contributed by atoms with Crippen LogP contribution in [0.15, 0.2) is 0 Å². The Labute approximate surface area is 107 Å². The summed E-state index contributed by atoms with van der Waals surface area (Å²) in [6, 6.07) is -0.740. The molecule has 0 saturated carbocycles. The monoisotopic (exact) mass is 259 g/mol. The number of carbonyl (C=O) groups is 2. The summed E-state index contributed by atoms with van der Waals surface area (Å²) in [6.07, 6.45) is -0.0100. The molecule has 1 fully saturated rings. The van der Waals surface area contributed by atoms with Crippen LogP contribution in [0.1, 0.15) is 39.5 Å². The van der Waals surface area contributed by atoms with Crippen molar-refractivity contribution in [2.75, 3.05) is 6.61 Å². The van der Waals surface area contributed by atoms with Gasteiger partial charge < -0.3 is 14.9 Å². The average molecular weight is 259 g/mol. The first-order chi connectivity index (χ1) is 8.49. The van der Waals surface area contributed by atoms with Gasteiger partial charge in [0.05, 0.1) is 6.61 Å². The van der Waals surface area contributed by atoms with E-state index in [2.05, 4.69) is 0 Å². The van der Waals surface area contributed by atoms with Crippen molar-refractivity contribution >= 4 is 11.8 Å². The average Bonchev–Trinajstić information content (AvgIpc) is 2.70. The predicted molar refractivity (Wildman–Crippen MR) is 63.4 cm³/mol. The summed E-state index contributed by atoms with van der Waals surface area (Å²) in [5.41, 5.74) is 0. The van der Waals surface area contributed by atoms with Gasteiger partial charge in [0.15, 0.2) is 12.0 Å². The molecule has 1 saturated heterocycles. The Hall–Kier alpha value is -0.980. The number of esters is 1. The number of rotatable bonds is 6. The highest BCUT2D eigenvalue weighted by Gasteiger charge is 2.42. The zero-order valence-electron chi connectivity index (χ0n) is 10.8. The summed E-state index contributed by atoms with van der Waals surface area (Å²) in [5.74, 6) is -0.984. The lowest BCUT2D eigenvalue weighted by atomic mass is 10.2. The van der Waals surface area contributed by atoms with E-state index in [-0.39, 0.29) is 0 Å². The second kappa shape index (κ2) is 6.82. The number of unbranched alkanes of at least 4 members (excludes halogenated alkanes) is 1. The Morgan fingerprint density at radius 1 is 1.44 bits per heavy atom. The van der Waals surface area contributed by atoms with Crippen LogP contribution >= 0.6 is 0 Å². The molecule has 1 aliphatic heterocycles. The van der Waals surface area contributed by atoms with E-state index in [0.29, 0.717) is 19.4 Å². The molecule has 1 rings (SSSR count). The van der Waals surface area contributed by atoms with E-state index in [1.165, 1.54) is 6.92 Å². The van der Waals surface area contributed by atoms with Gasteiger partial charge in [-0.15, -0.1) is 0 Å². The Kier molecular flexibility index (Phi) is 5.71. The van der Waals surface area contributed by atoms with Crippen molar-refractivity contribution in [2.24, 2.45) is 0 Å². The molecule has 3 atom stereocenters. The first kappa shape index (κ1) is 15.1. The first-order valence-electron chi connectivity index (χ1n) is 6.29. The molecule has 6 heteroatoms. The van der Waals surface area contributed by atoms with Gasteiger partial charge in [-0.05, 0) is 26.2 Å². The van der Waals surface area contributed by atoms with E-state index in [1.807, 2.05) is 6.92 Å². The van der Waals surface area contributed by atoms with Gasteiger partial charge in [0.25, 0.3) is 0 Å². The van der Waals surface area contributed by atoms with Gasteiger partial charge in [-0.2, -0.15) is 0 Å². The standard InChI is InChI=1S/C12H21NO5/c1-3-4-7-18-12(17)9-5-6-10(15)13(9)11(16)8(2)14/h9-11,15-16H,3-7H2,1-2H3. The van der Waals surface area contributed by atoms with Crippen LogP contribution in [0.5, 0.6) is 0 Å². The van der Waals surface area contributed by atoms with Crippen LogP contribution in [0.3, 0.4) is 0 Å². The van der Waals surface area contributed by atoms with Gasteiger partial charge in [-0.3, -0.25) is 9.59 Å². The Bertz CT molecular complexity index is 307. The summed E-state index contributed by atoms with van der Waals surface area (Å²) in [4.78, 5) is 24.1. The van der Waals surface area contributed by atoms with E-state index in [4.69, 9.17) is 4.74 Å². The lowest BCUT2D eigenvalue weighted by Gasteiger charge is -2.29. The highest BCUT2D eigenvalue weighted by Crippen LogP contribution is 2.25. The molecule has 1 heterocycles. The number of ether oxygens (including phenoxy) is 1. The number of carbonyl (C=O) groups excluding carboxylic acids is 2. The second-order valence-corrected chi connectivity index (χ2v) is 4.53. The smallest absolute Gasteiger partial charge is 0.323 e. The van der Waals surface area contributed by atoms with E-state index in [9.17, 15) is 19.8 Å². The topological polar surface area (TPSA) is 87.1 Å². The van der Waals surface area contributed by atoms with Crippen LogP contribution in [0, 0.1) is 0 Å². The SMILES string of the molecule is CCCCOC(=O)C1CCC(O)N1C(O)C(C)=O. The van der Waals surface area contributed by atoms with Crippen LogP contribution in [-0.2, 0) is 14.3 Å². The molecule has 0 bridgehead atoms. The summed E-state index contributed by atoms with van der Waals surface area (Å²) in [5, 5.41) is 19.4. The summed E-state index contributed by atoms with van der Waals surface area (Å²) >= 11 is 0. The molecule has 0 aliphatic carbocycles. The molecule has 18 heavy (non-hydrogen) atoms. The molecule has 3 unspecified atom stereocenters. The van der Waals surface area contributed by atoms with E-state index >= 15 is 0 Å². The van der Waals surface area contributed by atoms with E-state index in [0.717, 1.165) is 17.7 Å². The Balaban J connectivity index is 2.62. The second-order valence-electron chi connectivity index (χ2n) is 4.53. The van der Waals surface area contributed by atoms with Crippen molar-refractivity contribution in [3.8, 4) is 0 Å². The van der Waals surface area contributed by atoms with Crippen LogP contribution in [-0.4, -0.2) is 52.0 Å². The third kappa shape index (κ3) is 3.51. The Morgan fingerprint density at radius 2 is 2.11 bits per heavy atom. The number of aliphatic hydroxyl groups excluding tert-OH is 2. The summed E-state index contributed by atoms with van der Waals surface area (Å²) < 4.78 is 5.06. The number of Topliss-reactive ketones (excluding diaryl/α,β-unsaturated/α-hetero) is 1. The maximum atomic E-state index is 11.8. The molecular weight excluding hydrogens is 238 g/mol. The first-order valence-corrected chi connectivity index (χ1v) is 6.29. The minimum atomic E-state index is -1.45. The number of likely N-dealkylation sites (tertiary alicyclic amines) is 1. The molecule has 6 nitrogen and oxygen atoms in total. The minimum absolute atomic E-state index is 0.325. The predicted octanol–water partition coefficient (Wildman–Crippen LogP) is 0.0199. The largest absolute Gasteiger partial charge is 0.465 e. The van der Waals surface area contributed by atoms with Crippen molar-refractivity contribution in [3.05, 3.63) is 0 Å². The molecule has 0 aromatic carbocycles. The molecule has 0 amide bonds. The van der Waals surface area contributed by atoms with Crippen LogP contribution < -0.4 is 0 Å². The highest BCUT2D eigenvalue weighted by atomic mass is 16.5. The number of hydrogen-bond donors (Lipinski definition) is 2. The van der Waals surface area contributed by atoms with Crippen LogP contribution in [0.4, 0.5) is 0 Å². The van der Waals surface area contributed by atoms with Crippen molar-refractivity contribution < 1.29 is 24.5 Å². The van der Waals surface area contributed by atoms with Gasteiger partial charge in [-0.25, -0.2) is 4.90 Å². The van der Waals surface area contributed by atoms with Gasteiger partial charge in [0.1, 0.15) is 12.3 Å². The fourth-order valence-electron chi connectivity index (χ4n) is 2.01. The van der Waals surface area contributed by atoms with Crippen LogP contribution in [0.25, 0.3) is 0 Å². The number of aliphatic hydroxyl groups is 2. The van der Waals surface area contributed by atoms with Crippen molar-refractivity contribution in [3.63, 3.8) is 0 Å². The minimum Gasteiger partial charge on any atom is -0.465 e. The molecule has 0 aromatic heterocycles. The highest BCUT2D eigenvalue weighted by molar-refractivity contribution is 5.82. The van der Waals surface area contributed by atoms with E-state index < -0.39 is 30.3 Å². The van der Waals surface area contributed by atoms with Gasteiger partial charge in [0.2, 0.25) is 0 Å². The lowest BCUT2D eigenvalue weighted by Crippen LogP contribution is -2.50. The fourth-order valence-corrected chi connectivity index (χ4v) is 2.01. The maximum absolute atomic E-state index is 11.8. The molecule has 2 N–H and O–H groups in total. The zero-order chi connectivity index (χ0) is 13.7. The molecule has 1 aliphatic rings. The molecule has 0 spiro atoms. The van der Waals surface area contributed by atoms with Crippen molar-refractivity contribution in [1.29, 1.82) is 0 Å². The normalized spacial score (nSPS) is 26.0. The van der Waals surface area contributed by atoms with Crippen molar-refractivity contribution in [2.45, 2.75) is 58.0 Å². The number of ketones is 1. The number of hydrogen-bond acceptors (Lipinski definition) is 6. The van der Waals surface area contributed by atoms with Gasteiger partial charge in [0, 0.05) is 0 Å².